The molecule has 1 aliphatic rings. The summed E-state index contributed by atoms with van der Waals surface area (Å²) in [6, 6.07) is 45.5. The van der Waals surface area contributed by atoms with Gasteiger partial charge in [-0.3, -0.25) is 0 Å². The Morgan fingerprint density at radius 1 is 0.316 bits per heavy atom. The minimum Gasteiger partial charge on any atom is -0.0616 e. The molecular formula is C38H24. The SMILES string of the molecule is c1cc2c3c(ccc(-c4ccc5c6ccccc6c6c7ccccc7c7ccccc7c6c5c4)c3c1)CC2. The summed E-state index contributed by atoms with van der Waals surface area (Å²) < 4.78 is 0. The van der Waals surface area contributed by atoms with Crippen LogP contribution in [0.1, 0.15) is 11.1 Å². The smallest absolute Gasteiger partial charge is 0.00137 e. The van der Waals surface area contributed by atoms with Crippen LogP contribution < -0.4 is 0 Å². The Kier molecular flexibility index (Phi) is 3.99. The Morgan fingerprint density at radius 2 is 0.816 bits per heavy atom. The maximum absolute atomic E-state index is 2.46. The lowest BCUT2D eigenvalue weighted by Crippen LogP contribution is -1.90. The van der Waals surface area contributed by atoms with E-state index >= 15 is 0 Å². The zero-order valence-electron chi connectivity index (χ0n) is 21.0. The van der Waals surface area contributed by atoms with Crippen LogP contribution in [-0.4, -0.2) is 0 Å². The highest BCUT2D eigenvalue weighted by atomic mass is 14.2. The molecule has 176 valence electrons. The third-order valence-corrected chi connectivity index (χ3v) is 8.90. The van der Waals surface area contributed by atoms with E-state index in [4.69, 9.17) is 0 Å². The molecule has 0 N–H and O–H groups in total. The van der Waals surface area contributed by atoms with Crippen LogP contribution in [0, 0.1) is 0 Å². The van der Waals surface area contributed by atoms with Crippen molar-refractivity contribution in [2.75, 3.05) is 0 Å². The molecule has 0 heteroatoms. The second-order valence-corrected chi connectivity index (χ2v) is 10.8. The van der Waals surface area contributed by atoms with Crippen LogP contribution in [-0.2, 0) is 12.8 Å². The molecule has 0 radical (unpaired) electrons. The van der Waals surface area contributed by atoms with Gasteiger partial charge in [0.2, 0.25) is 0 Å². The predicted molar refractivity (Wildman–Crippen MR) is 164 cm³/mol. The molecule has 8 aromatic rings. The van der Waals surface area contributed by atoms with Gasteiger partial charge in [0, 0.05) is 0 Å². The Morgan fingerprint density at radius 3 is 1.45 bits per heavy atom. The van der Waals surface area contributed by atoms with E-state index in [1.54, 1.807) is 0 Å². The molecular weight excluding hydrogens is 456 g/mol. The highest BCUT2D eigenvalue weighted by Crippen LogP contribution is 2.45. The average molecular weight is 481 g/mol. The average Bonchev–Trinajstić information content (AvgIpc) is 3.41. The van der Waals surface area contributed by atoms with Crippen LogP contribution in [0.25, 0.3) is 75.8 Å². The van der Waals surface area contributed by atoms with E-state index in [1.807, 2.05) is 0 Å². The number of hydrogen-bond acceptors (Lipinski definition) is 0. The Hall–Kier alpha value is -4.68. The minimum atomic E-state index is 1.16. The summed E-state index contributed by atoms with van der Waals surface area (Å²) in [5, 5.41) is 16.2. The topological polar surface area (TPSA) is 0 Å². The van der Waals surface area contributed by atoms with Gasteiger partial charge in [-0.05, 0) is 106 Å². The Bertz CT molecular complexity index is 2260. The third-order valence-electron chi connectivity index (χ3n) is 8.90. The first kappa shape index (κ1) is 20.4. The molecule has 0 atom stereocenters. The van der Waals surface area contributed by atoms with Crippen molar-refractivity contribution >= 4 is 64.6 Å². The van der Waals surface area contributed by atoms with E-state index in [0.29, 0.717) is 0 Å². The van der Waals surface area contributed by atoms with E-state index in [-0.39, 0.29) is 0 Å². The normalized spacial score (nSPS) is 13.1. The van der Waals surface area contributed by atoms with Gasteiger partial charge in [0.05, 0.1) is 0 Å². The molecule has 0 saturated heterocycles. The molecule has 0 unspecified atom stereocenters. The van der Waals surface area contributed by atoms with E-state index < -0.39 is 0 Å². The fraction of sp³-hybridized carbons (Fsp3) is 0.0526. The minimum absolute atomic E-state index is 1.16. The molecule has 0 bridgehead atoms. The lowest BCUT2D eigenvalue weighted by Gasteiger charge is -2.17. The number of hydrogen-bond donors (Lipinski definition) is 0. The van der Waals surface area contributed by atoms with Crippen molar-refractivity contribution in [3.05, 3.63) is 132 Å². The van der Waals surface area contributed by atoms with Crippen molar-refractivity contribution in [1.29, 1.82) is 0 Å². The van der Waals surface area contributed by atoms with E-state index in [9.17, 15) is 0 Å². The molecule has 0 nitrogen and oxygen atoms in total. The number of fused-ring (bicyclic) bond motifs is 11. The lowest BCUT2D eigenvalue weighted by atomic mass is 9.86. The zero-order chi connectivity index (χ0) is 24.8. The van der Waals surface area contributed by atoms with Crippen LogP contribution >= 0.6 is 0 Å². The molecule has 0 aromatic heterocycles. The van der Waals surface area contributed by atoms with Gasteiger partial charge in [0.25, 0.3) is 0 Å². The second-order valence-electron chi connectivity index (χ2n) is 10.8. The van der Waals surface area contributed by atoms with Gasteiger partial charge in [-0.1, -0.05) is 115 Å². The highest BCUT2D eigenvalue weighted by molar-refractivity contribution is 6.39. The maximum Gasteiger partial charge on any atom is -0.00137 e. The van der Waals surface area contributed by atoms with Crippen LogP contribution in [0.4, 0.5) is 0 Å². The van der Waals surface area contributed by atoms with Crippen molar-refractivity contribution < 1.29 is 0 Å². The van der Waals surface area contributed by atoms with Crippen molar-refractivity contribution in [1.82, 2.24) is 0 Å². The molecule has 0 heterocycles. The fourth-order valence-electron chi connectivity index (χ4n) is 7.29. The molecule has 0 fully saturated rings. The third kappa shape index (κ3) is 2.60. The largest absolute Gasteiger partial charge is 0.0616 e. The van der Waals surface area contributed by atoms with Gasteiger partial charge in [0.1, 0.15) is 0 Å². The number of aryl methyl sites for hydroxylation is 2. The molecule has 0 spiro atoms. The van der Waals surface area contributed by atoms with Gasteiger partial charge >= 0.3 is 0 Å². The first-order chi connectivity index (χ1) is 18.9. The van der Waals surface area contributed by atoms with Crippen LogP contribution in [0.15, 0.2) is 121 Å². The van der Waals surface area contributed by atoms with Crippen LogP contribution in [0.5, 0.6) is 0 Å². The van der Waals surface area contributed by atoms with E-state index in [2.05, 4.69) is 121 Å². The first-order valence-corrected chi connectivity index (χ1v) is 13.6. The molecule has 0 saturated carbocycles. The van der Waals surface area contributed by atoms with Crippen LogP contribution in [0.2, 0.25) is 0 Å². The van der Waals surface area contributed by atoms with E-state index in [1.165, 1.54) is 86.9 Å². The van der Waals surface area contributed by atoms with Crippen molar-refractivity contribution in [3.8, 4) is 11.1 Å². The molecule has 1 aliphatic carbocycles. The monoisotopic (exact) mass is 480 g/mol. The Labute approximate surface area is 220 Å². The van der Waals surface area contributed by atoms with Crippen LogP contribution in [0.3, 0.4) is 0 Å². The summed E-state index contributed by atoms with van der Waals surface area (Å²) in [5.41, 5.74) is 5.62. The van der Waals surface area contributed by atoms with Crippen molar-refractivity contribution in [3.63, 3.8) is 0 Å². The first-order valence-electron chi connectivity index (χ1n) is 13.6. The summed E-state index contributed by atoms with van der Waals surface area (Å²) in [4.78, 5) is 0. The van der Waals surface area contributed by atoms with E-state index in [0.717, 1.165) is 12.8 Å². The summed E-state index contributed by atoms with van der Waals surface area (Å²) in [6.07, 6.45) is 2.31. The van der Waals surface area contributed by atoms with Gasteiger partial charge in [-0.25, -0.2) is 0 Å². The van der Waals surface area contributed by atoms with Crippen molar-refractivity contribution in [2.45, 2.75) is 12.8 Å². The van der Waals surface area contributed by atoms with Gasteiger partial charge < -0.3 is 0 Å². The van der Waals surface area contributed by atoms with Crippen molar-refractivity contribution in [2.24, 2.45) is 0 Å². The highest BCUT2D eigenvalue weighted by Gasteiger charge is 2.19. The zero-order valence-corrected chi connectivity index (χ0v) is 21.0. The maximum atomic E-state index is 2.46. The Balaban J connectivity index is 1.51. The summed E-state index contributed by atoms with van der Waals surface area (Å²) >= 11 is 0. The number of benzene rings is 8. The molecule has 0 amide bonds. The standard InChI is InChI=1S/C38H24/c1-4-12-32-27(9-1)28-10-2-6-14-34(28)38-35-22-25(19-21-30(35)29-11-3-5-13-33(29)37(32)38)26-20-18-24-17-16-23-8-7-15-31(26)36(23)24/h1-15,18-22H,16-17H2. The summed E-state index contributed by atoms with van der Waals surface area (Å²) in [6.45, 7) is 0. The molecule has 9 rings (SSSR count). The second kappa shape index (κ2) is 7.43. The van der Waals surface area contributed by atoms with Gasteiger partial charge in [-0.2, -0.15) is 0 Å². The lowest BCUT2D eigenvalue weighted by molar-refractivity contribution is 1.02. The molecule has 38 heavy (non-hydrogen) atoms. The predicted octanol–water partition coefficient (Wildman–Crippen LogP) is 10.4. The fourth-order valence-corrected chi connectivity index (χ4v) is 7.29. The quantitative estimate of drug-likeness (QED) is 0.205. The summed E-state index contributed by atoms with van der Waals surface area (Å²) in [7, 11) is 0. The van der Waals surface area contributed by atoms with Gasteiger partial charge in [-0.15, -0.1) is 0 Å². The molecule has 8 aromatic carbocycles. The molecule has 0 aliphatic heterocycles. The number of rotatable bonds is 1. The van der Waals surface area contributed by atoms with Gasteiger partial charge in [0.15, 0.2) is 0 Å². The summed E-state index contributed by atoms with van der Waals surface area (Å²) in [5.74, 6) is 0.